The zero-order chi connectivity index (χ0) is 13.1. The second-order valence-electron chi connectivity index (χ2n) is 6.07. The number of sulfonamides is 1. The molecule has 1 aliphatic heterocycles. The van der Waals surface area contributed by atoms with Crippen LogP contribution in [0.25, 0.3) is 0 Å². The molecule has 17 heavy (non-hydrogen) atoms. The maximum absolute atomic E-state index is 11.4. The molecule has 0 aromatic rings. The molecule has 1 fully saturated rings. The standard InChI is InChI=1S/C12H25NO3S/c1-12(2,3)7-5-6-11-10-13(8-9-16-11)17(4,14)15/h11H,5-10H2,1-4H3/t11-/m0/s1. The first kappa shape index (κ1) is 14.9. The van der Waals surface area contributed by atoms with Gasteiger partial charge in [0.2, 0.25) is 10.0 Å². The maximum Gasteiger partial charge on any atom is 0.211 e. The Balaban J connectivity index is 2.36. The van der Waals surface area contributed by atoms with E-state index in [1.165, 1.54) is 10.6 Å². The van der Waals surface area contributed by atoms with Gasteiger partial charge in [0.05, 0.1) is 19.0 Å². The Morgan fingerprint density at radius 3 is 2.53 bits per heavy atom. The van der Waals surface area contributed by atoms with Crippen molar-refractivity contribution in [3.05, 3.63) is 0 Å². The number of nitrogens with zero attached hydrogens (tertiary/aromatic N) is 1. The Morgan fingerprint density at radius 1 is 1.35 bits per heavy atom. The second kappa shape index (κ2) is 5.67. The van der Waals surface area contributed by atoms with Crippen LogP contribution >= 0.6 is 0 Å². The van der Waals surface area contributed by atoms with Crippen molar-refractivity contribution in [3.63, 3.8) is 0 Å². The second-order valence-corrected chi connectivity index (χ2v) is 8.05. The molecule has 1 atom stereocenters. The van der Waals surface area contributed by atoms with Crippen LogP contribution in [0.1, 0.15) is 40.0 Å². The van der Waals surface area contributed by atoms with E-state index in [0.29, 0.717) is 25.1 Å². The highest BCUT2D eigenvalue weighted by Crippen LogP contribution is 2.23. The van der Waals surface area contributed by atoms with Crippen molar-refractivity contribution in [2.45, 2.75) is 46.1 Å². The predicted molar refractivity (Wildman–Crippen MR) is 69.5 cm³/mol. The highest BCUT2D eigenvalue weighted by molar-refractivity contribution is 7.88. The Kier molecular flexibility index (Phi) is 4.98. The highest BCUT2D eigenvalue weighted by atomic mass is 32.2. The third-order valence-electron chi connectivity index (χ3n) is 3.02. The first-order valence-corrected chi connectivity index (χ1v) is 8.10. The average molecular weight is 263 g/mol. The fourth-order valence-electron chi connectivity index (χ4n) is 2.03. The minimum absolute atomic E-state index is 0.0702. The summed E-state index contributed by atoms with van der Waals surface area (Å²) in [6.45, 7) is 8.19. The van der Waals surface area contributed by atoms with Crippen molar-refractivity contribution in [2.24, 2.45) is 5.41 Å². The number of morpholine rings is 1. The number of hydrogen-bond donors (Lipinski definition) is 0. The van der Waals surface area contributed by atoms with Gasteiger partial charge < -0.3 is 4.74 Å². The molecule has 4 nitrogen and oxygen atoms in total. The lowest BCUT2D eigenvalue weighted by Gasteiger charge is -2.31. The molecule has 1 heterocycles. The van der Waals surface area contributed by atoms with Gasteiger partial charge in [-0.3, -0.25) is 0 Å². The van der Waals surface area contributed by atoms with Crippen molar-refractivity contribution < 1.29 is 13.2 Å². The van der Waals surface area contributed by atoms with Gasteiger partial charge in [-0.2, -0.15) is 4.31 Å². The third-order valence-corrected chi connectivity index (χ3v) is 4.29. The van der Waals surface area contributed by atoms with Gasteiger partial charge in [-0.05, 0) is 18.3 Å². The molecule has 0 radical (unpaired) electrons. The van der Waals surface area contributed by atoms with Gasteiger partial charge in [-0.15, -0.1) is 0 Å². The Labute approximate surface area is 105 Å². The summed E-state index contributed by atoms with van der Waals surface area (Å²) < 4.78 is 30.0. The van der Waals surface area contributed by atoms with E-state index in [-0.39, 0.29) is 6.10 Å². The topological polar surface area (TPSA) is 46.6 Å². The van der Waals surface area contributed by atoms with Crippen LogP contribution in [-0.2, 0) is 14.8 Å². The van der Waals surface area contributed by atoms with E-state index in [1.54, 1.807) is 0 Å². The van der Waals surface area contributed by atoms with Gasteiger partial charge >= 0.3 is 0 Å². The van der Waals surface area contributed by atoms with E-state index in [9.17, 15) is 8.42 Å². The minimum Gasteiger partial charge on any atom is -0.375 e. The third kappa shape index (κ3) is 5.84. The molecular formula is C12H25NO3S. The van der Waals surface area contributed by atoms with Gasteiger partial charge in [0.1, 0.15) is 0 Å². The quantitative estimate of drug-likeness (QED) is 0.778. The van der Waals surface area contributed by atoms with Gasteiger partial charge in [0, 0.05) is 13.1 Å². The van der Waals surface area contributed by atoms with Crippen LogP contribution in [0.4, 0.5) is 0 Å². The molecular weight excluding hydrogens is 238 g/mol. The summed E-state index contributed by atoms with van der Waals surface area (Å²) in [5, 5.41) is 0. The largest absolute Gasteiger partial charge is 0.375 e. The monoisotopic (exact) mass is 263 g/mol. The lowest BCUT2D eigenvalue weighted by atomic mass is 9.89. The molecule has 1 aliphatic rings. The van der Waals surface area contributed by atoms with Crippen LogP contribution in [0.5, 0.6) is 0 Å². The first-order chi connectivity index (χ1) is 7.68. The fraction of sp³-hybridized carbons (Fsp3) is 1.00. The van der Waals surface area contributed by atoms with Crippen LogP contribution in [0.3, 0.4) is 0 Å². The van der Waals surface area contributed by atoms with E-state index in [1.807, 2.05) is 0 Å². The molecule has 1 rings (SSSR count). The SMILES string of the molecule is CC(C)(C)CCC[C@H]1CN(S(C)(=O)=O)CCO1. The fourth-order valence-corrected chi connectivity index (χ4v) is 2.87. The van der Waals surface area contributed by atoms with E-state index in [2.05, 4.69) is 20.8 Å². The number of rotatable bonds is 4. The summed E-state index contributed by atoms with van der Waals surface area (Å²) in [6, 6.07) is 0. The normalized spacial score (nSPS) is 23.9. The van der Waals surface area contributed by atoms with Crippen molar-refractivity contribution in [2.75, 3.05) is 26.0 Å². The van der Waals surface area contributed by atoms with Crippen molar-refractivity contribution >= 4 is 10.0 Å². The zero-order valence-corrected chi connectivity index (χ0v) is 12.2. The molecule has 102 valence electrons. The Bertz CT molecular complexity index is 332. The molecule has 0 aromatic heterocycles. The summed E-state index contributed by atoms with van der Waals surface area (Å²) in [5.41, 5.74) is 0.338. The first-order valence-electron chi connectivity index (χ1n) is 6.25. The number of hydrogen-bond acceptors (Lipinski definition) is 3. The van der Waals surface area contributed by atoms with Crippen LogP contribution in [0, 0.1) is 5.41 Å². The van der Waals surface area contributed by atoms with Gasteiger partial charge in [0.25, 0.3) is 0 Å². The van der Waals surface area contributed by atoms with Gasteiger partial charge in [-0.25, -0.2) is 8.42 Å². The molecule has 0 aromatic carbocycles. The summed E-state index contributed by atoms with van der Waals surface area (Å²) in [4.78, 5) is 0. The molecule has 0 spiro atoms. The van der Waals surface area contributed by atoms with Crippen LogP contribution in [-0.4, -0.2) is 44.8 Å². The molecule has 5 heteroatoms. The molecule has 0 bridgehead atoms. The number of ether oxygens (including phenoxy) is 1. The van der Waals surface area contributed by atoms with Crippen molar-refractivity contribution in [1.29, 1.82) is 0 Å². The predicted octanol–water partition coefficient (Wildman–Crippen LogP) is 1.86. The van der Waals surface area contributed by atoms with Gasteiger partial charge in [-0.1, -0.05) is 27.2 Å². The molecule has 0 aliphatic carbocycles. The van der Waals surface area contributed by atoms with Crippen LogP contribution in [0.2, 0.25) is 0 Å². The van der Waals surface area contributed by atoms with E-state index in [0.717, 1.165) is 19.3 Å². The summed E-state index contributed by atoms with van der Waals surface area (Å²) >= 11 is 0. The summed E-state index contributed by atoms with van der Waals surface area (Å²) in [5.74, 6) is 0. The lowest BCUT2D eigenvalue weighted by molar-refractivity contribution is -0.00754. The van der Waals surface area contributed by atoms with Gasteiger partial charge in [0.15, 0.2) is 0 Å². The molecule has 0 unspecified atom stereocenters. The van der Waals surface area contributed by atoms with Crippen LogP contribution < -0.4 is 0 Å². The molecule has 0 saturated carbocycles. The molecule has 0 N–H and O–H groups in total. The lowest BCUT2D eigenvalue weighted by Crippen LogP contribution is -2.45. The Morgan fingerprint density at radius 2 is 2.00 bits per heavy atom. The van der Waals surface area contributed by atoms with E-state index < -0.39 is 10.0 Å². The van der Waals surface area contributed by atoms with Crippen molar-refractivity contribution in [1.82, 2.24) is 4.31 Å². The summed E-state index contributed by atoms with van der Waals surface area (Å²) in [7, 11) is -3.06. The van der Waals surface area contributed by atoms with Crippen LogP contribution in [0.15, 0.2) is 0 Å². The minimum atomic E-state index is -3.06. The maximum atomic E-state index is 11.4. The molecule has 0 amide bonds. The molecule has 1 saturated heterocycles. The zero-order valence-electron chi connectivity index (χ0n) is 11.4. The van der Waals surface area contributed by atoms with E-state index in [4.69, 9.17) is 4.74 Å². The highest BCUT2D eigenvalue weighted by Gasteiger charge is 2.26. The Hall–Kier alpha value is -0.130. The van der Waals surface area contributed by atoms with E-state index >= 15 is 0 Å². The average Bonchev–Trinajstić information content (AvgIpc) is 2.15. The van der Waals surface area contributed by atoms with Crippen molar-refractivity contribution in [3.8, 4) is 0 Å². The summed E-state index contributed by atoms with van der Waals surface area (Å²) in [6.07, 6.45) is 4.52. The smallest absolute Gasteiger partial charge is 0.211 e.